The Kier molecular flexibility index (Phi) is 3.96. The van der Waals surface area contributed by atoms with Gasteiger partial charge in [0, 0.05) is 31.1 Å². The molecule has 3 rings (SSSR count). The van der Waals surface area contributed by atoms with Gasteiger partial charge in [-0.05, 0) is 18.2 Å². The Hall–Kier alpha value is -3.29. The topological polar surface area (TPSA) is 98.2 Å². The Morgan fingerprint density at radius 2 is 2.09 bits per heavy atom. The van der Waals surface area contributed by atoms with E-state index >= 15 is 0 Å². The number of hydrogen-bond donors (Lipinski definition) is 0. The molecule has 0 atom stereocenters. The summed E-state index contributed by atoms with van der Waals surface area (Å²) >= 11 is 0. The highest BCUT2D eigenvalue weighted by Crippen LogP contribution is 2.27. The molecule has 116 valence electrons. The first-order valence-corrected chi connectivity index (χ1v) is 6.82. The lowest BCUT2D eigenvalue weighted by atomic mass is 10.2. The first kappa shape index (κ1) is 14.6. The molecule has 0 saturated carbocycles. The van der Waals surface area contributed by atoms with Crippen LogP contribution in [0.2, 0.25) is 0 Å². The van der Waals surface area contributed by atoms with Crippen molar-refractivity contribution in [2.24, 2.45) is 0 Å². The second-order valence-electron chi connectivity index (χ2n) is 4.86. The van der Waals surface area contributed by atoms with Crippen LogP contribution in [0.15, 0.2) is 53.3 Å². The van der Waals surface area contributed by atoms with Gasteiger partial charge in [-0.25, -0.2) is 0 Å². The highest BCUT2D eigenvalue weighted by Gasteiger charge is 2.18. The van der Waals surface area contributed by atoms with Crippen LogP contribution in [-0.4, -0.2) is 27.1 Å². The minimum absolute atomic E-state index is 0.0296. The molecule has 0 saturated heterocycles. The number of benzene rings is 1. The molecule has 0 radical (unpaired) electrons. The molecular formula is C15H13N5O3. The molecule has 8 nitrogen and oxygen atoms in total. The van der Waals surface area contributed by atoms with E-state index in [0.717, 1.165) is 5.56 Å². The van der Waals surface area contributed by atoms with Crippen LogP contribution in [-0.2, 0) is 6.54 Å². The van der Waals surface area contributed by atoms with Crippen LogP contribution < -0.4 is 4.90 Å². The zero-order valence-electron chi connectivity index (χ0n) is 12.3. The van der Waals surface area contributed by atoms with Gasteiger partial charge in [0.05, 0.1) is 11.5 Å². The quantitative estimate of drug-likeness (QED) is 0.527. The fourth-order valence-corrected chi connectivity index (χ4v) is 2.16. The summed E-state index contributed by atoms with van der Waals surface area (Å²) in [5.74, 6) is 0.800. The van der Waals surface area contributed by atoms with E-state index in [1.165, 1.54) is 6.07 Å². The van der Waals surface area contributed by atoms with Gasteiger partial charge < -0.3 is 9.42 Å². The van der Waals surface area contributed by atoms with Gasteiger partial charge in [-0.3, -0.25) is 15.1 Å². The monoisotopic (exact) mass is 311 g/mol. The number of nitro benzene ring substituents is 1. The molecule has 1 aromatic carbocycles. The number of rotatable bonds is 5. The molecule has 8 heteroatoms. The molecule has 3 aromatic rings. The van der Waals surface area contributed by atoms with Crippen LogP contribution in [0.4, 0.5) is 11.4 Å². The summed E-state index contributed by atoms with van der Waals surface area (Å²) in [5.41, 5.74) is 1.26. The van der Waals surface area contributed by atoms with Crippen molar-refractivity contribution in [1.29, 1.82) is 0 Å². The third-order valence-corrected chi connectivity index (χ3v) is 3.25. The van der Waals surface area contributed by atoms with E-state index in [0.29, 0.717) is 17.4 Å². The van der Waals surface area contributed by atoms with Crippen LogP contribution in [0.1, 0.15) is 5.89 Å². The van der Waals surface area contributed by atoms with Crippen LogP contribution in [0, 0.1) is 10.1 Å². The zero-order valence-corrected chi connectivity index (χ0v) is 12.3. The fourth-order valence-electron chi connectivity index (χ4n) is 2.16. The first-order valence-electron chi connectivity index (χ1n) is 6.82. The van der Waals surface area contributed by atoms with E-state index in [9.17, 15) is 10.1 Å². The molecule has 0 N–H and O–H groups in total. The average Bonchev–Trinajstić information content (AvgIpc) is 3.04. The number of anilines is 1. The van der Waals surface area contributed by atoms with Gasteiger partial charge in [-0.2, -0.15) is 4.98 Å². The predicted octanol–water partition coefficient (Wildman–Crippen LogP) is 2.68. The molecule has 2 aromatic heterocycles. The lowest BCUT2D eigenvalue weighted by Gasteiger charge is -2.16. The maximum atomic E-state index is 11.1. The van der Waals surface area contributed by atoms with Gasteiger partial charge in [0.25, 0.3) is 5.69 Å². The van der Waals surface area contributed by atoms with Crippen molar-refractivity contribution >= 4 is 11.4 Å². The fraction of sp³-hybridized carbons (Fsp3) is 0.133. The molecule has 0 unspecified atom stereocenters. The lowest BCUT2D eigenvalue weighted by molar-refractivity contribution is -0.384. The number of pyridine rings is 1. The Balaban J connectivity index is 1.80. The molecule has 0 aliphatic carbocycles. The summed E-state index contributed by atoms with van der Waals surface area (Å²) in [5, 5.41) is 15.0. The van der Waals surface area contributed by atoms with Gasteiger partial charge in [0.1, 0.15) is 5.69 Å². The largest absolute Gasteiger partial charge is 0.360 e. The highest BCUT2D eigenvalue weighted by molar-refractivity contribution is 5.62. The summed E-state index contributed by atoms with van der Waals surface area (Å²) in [7, 11) is 1.73. The number of nitrogens with zero attached hydrogens (tertiary/aromatic N) is 5. The first-order chi connectivity index (χ1) is 11.1. The summed E-state index contributed by atoms with van der Waals surface area (Å²) in [6, 6.07) is 10.1. The van der Waals surface area contributed by atoms with Gasteiger partial charge in [-0.1, -0.05) is 17.3 Å². The number of hydrogen-bond acceptors (Lipinski definition) is 7. The van der Waals surface area contributed by atoms with E-state index in [4.69, 9.17) is 4.52 Å². The summed E-state index contributed by atoms with van der Waals surface area (Å²) in [6.45, 7) is 0.262. The van der Waals surface area contributed by atoms with Gasteiger partial charge >= 0.3 is 0 Å². The maximum Gasteiger partial charge on any atom is 0.292 e. The van der Waals surface area contributed by atoms with Crippen molar-refractivity contribution in [2.45, 2.75) is 6.54 Å². The maximum absolute atomic E-state index is 11.1. The summed E-state index contributed by atoms with van der Waals surface area (Å²) < 4.78 is 5.21. The Labute approximate surface area is 131 Å². The van der Waals surface area contributed by atoms with Gasteiger partial charge in [0.15, 0.2) is 0 Å². The molecule has 0 bridgehead atoms. The zero-order chi connectivity index (χ0) is 16.2. The summed E-state index contributed by atoms with van der Waals surface area (Å²) in [6.07, 6.45) is 3.30. The number of aromatic nitrogens is 3. The molecule has 0 amide bonds. The predicted molar refractivity (Wildman–Crippen MR) is 82.7 cm³/mol. The van der Waals surface area contributed by atoms with Crippen LogP contribution in [0.5, 0.6) is 0 Å². The van der Waals surface area contributed by atoms with Crippen molar-refractivity contribution in [2.75, 3.05) is 11.9 Å². The third-order valence-electron chi connectivity index (χ3n) is 3.25. The Bertz CT molecular complexity index is 819. The van der Waals surface area contributed by atoms with E-state index in [-0.39, 0.29) is 12.2 Å². The molecule has 0 aliphatic rings. The minimum Gasteiger partial charge on any atom is -0.360 e. The second kappa shape index (κ2) is 6.22. The number of para-hydroxylation sites is 2. The van der Waals surface area contributed by atoms with Gasteiger partial charge in [-0.15, -0.1) is 0 Å². The molecule has 0 fully saturated rings. The molecule has 0 aliphatic heterocycles. The van der Waals surface area contributed by atoms with Crippen molar-refractivity contribution in [1.82, 2.24) is 15.1 Å². The van der Waals surface area contributed by atoms with Gasteiger partial charge in [0.2, 0.25) is 11.7 Å². The second-order valence-corrected chi connectivity index (χ2v) is 4.86. The highest BCUT2D eigenvalue weighted by atomic mass is 16.6. The van der Waals surface area contributed by atoms with Crippen LogP contribution in [0.25, 0.3) is 11.4 Å². The smallest absolute Gasteiger partial charge is 0.292 e. The lowest BCUT2D eigenvalue weighted by Crippen LogP contribution is -2.17. The summed E-state index contributed by atoms with van der Waals surface area (Å²) in [4.78, 5) is 20.7. The van der Waals surface area contributed by atoms with E-state index in [1.807, 2.05) is 6.07 Å². The Morgan fingerprint density at radius 3 is 2.83 bits per heavy atom. The minimum atomic E-state index is -0.416. The van der Waals surface area contributed by atoms with Crippen molar-refractivity contribution in [3.63, 3.8) is 0 Å². The molecule has 2 heterocycles. The third kappa shape index (κ3) is 3.15. The number of nitro groups is 1. The Morgan fingerprint density at radius 1 is 1.26 bits per heavy atom. The average molecular weight is 311 g/mol. The standard InChI is InChI=1S/C15H13N5O3/c1-19(12-6-2-3-7-13(12)20(21)22)10-14-17-15(18-23-14)11-5-4-8-16-9-11/h2-9H,10H2,1H3. The van der Waals surface area contributed by atoms with E-state index in [2.05, 4.69) is 15.1 Å². The molecule has 23 heavy (non-hydrogen) atoms. The molecular weight excluding hydrogens is 298 g/mol. The van der Waals surface area contributed by atoms with Crippen LogP contribution >= 0.6 is 0 Å². The normalized spacial score (nSPS) is 10.5. The van der Waals surface area contributed by atoms with Crippen molar-refractivity contribution in [3.05, 3.63) is 64.8 Å². The van der Waals surface area contributed by atoms with E-state index < -0.39 is 4.92 Å². The van der Waals surface area contributed by atoms with Crippen LogP contribution in [0.3, 0.4) is 0 Å². The van der Waals surface area contributed by atoms with E-state index in [1.54, 1.807) is 48.6 Å². The molecule has 0 spiro atoms. The van der Waals surface area contributed by atoms with Crippen molar-refractivity contribution in [3.8, 4) is 11.4 Å². The SMILES string of the molecule is CN(Cc1nc(-c2cccnc2)no1)c1ccccc1[N+](=O)[O-]. The van der Waals surface area contributed by atoms with Crippen molar-refractivity contribution < 1.29 is 9.45 Å².